The molecule has 14 nitrogen and oxygen atoms in total. The molecule has 0 radical (unpaired) electrons. The first-order valence-electron chi connectivity index (χ1n) is 12.3. The maximum atomic E-state index is 13.1. The van der Waals surface area contributed by atoms with Crippen molar-refractivity contribution in [2.24, 2.45) is 34.2 Å². The zero-order valence-electron chi connectivity index (χ0n) is 20.7. The molecule has 6 rings (SSSR count). The van der Waals surface area contributed by atoms with Crippen LogP contribution in [-0.4, -0.2) is 90.6 Å². The SMILES string of the molecule is NC1=N[C@@H]2[N+]3=C(N)N[C@H](O)[C@@]34[C@H](Cl)[C@@H](CNC(=O)c3cc(Br)c(Br)[nH]3)[C@H](CNC(=O)c3cc(Br)c(Br)[nH]3)[C@H]4[C@]2(O)N1. The Hall–Kier alpha value is -1.83. The molecule has 12 N–H and O–H groups in total. The first-order chi connectivity index (χ1) is 19.3. The van der Waals surface area contributed by atoms with E-state index in [0.717, 1.165) is 0 Å². The van der Waals surface area contributed by atoms with Crippen molar-refractivity contribution in [2.45, 2.75) is 29.0 Å². The largest absolute Gasteiger partial charge is 0.370 e. The van der Waals surface area contributed by atoms with E-state index in [1.165, 1.54) is 0 Å². The van der Waals surface area contributed by atoms with Gasteiger partial charge in [0.15, 0.2) is 11.5 Å². The number of aromatic amines is 2. The first-order valence-corrected chi connectivity index (χ1v) is 15.9. The number of guanidine groups is 2. The predicted molar refractivity (Wildman–Crippen MR) is 162 cm³/mol. The van der Waals surface area contributed by atoms with Crippen molar-refractivity contribution in [3.05, 3.63) is 41.7 Å². The van der Waals surface area contributed by atoms with Crippen LogP contribution < -0.4 is 32.7 Å². The zero-order chi connectivity index (χ0) is 29.6. The lowest BCUT2D eigenvalue weighted by Gasteiger charge is -2.35. The summed E-state index contributed by atoms with van der Waals surface area (Å²) in [6, 6.07) is 3.25. The number of hydrogen-bond donors (Lipinski definition) is 10. The van der Waals surface area contributed by atoms with Crippen LogP contribution in [0.5, 0.6) is 0 Å². The van der Waals surface area contributed by atoms with Gasteiger partial charge >= 0.3 is 5.96 Å². The summed E-state index contributed by atoms with van der Waals surface area (Å²) in [4.78, 5) is 36.4. The number of nitrogens with two attached hydrogens (primary N) is 2. The molecule has 4 aliphatic rings. The summed E-state index contributed by atoms with van der Waals surface area (Å²) >= 11 is 20.6. The number of aliphatic imine (C=N–C) groups is 1. The Bertz CT molecular complexity index is 1490. The molecule has 19 heteroatoms. The van der Waals surface area contributed by atoms with Gasteiger partial charge in [-0.05, 0) is 81.8 Å². The molecule has 1 aliphatic carbocycles. The minimum atomic E-state index is -1.78. The number of carbonyl (C=O) groups is 2. The van der Waals surface area contributed by atoms with Crippen LogP contribution in [0.4, 0.5) is 0 Å². The molecule has 1 saturated carbocycles. The van der Waals surface area contributed by atoms with Crippen LogP contribution in [0.1, 0.15) is 21.0 Å². The van der Waals surface area contributed by atoms with E-state index in [9.17, 15) is 19.8 Å². The van der Waals surface area contributed by atoms with Crippen molar-refractivity contribution in [1.29, 1.82) is 0 Å². The van der Waals surface area contributed by atoms with Crippen molar-refractivity contribution in [3.63, 3.8) is 0 Å². The summed E-state index contributed by atoms with van der Waals surface area (Å²) in [5, 5.41) is 34.1. The topological polar surface area (TPSA) is 222 Å². The van der Waals surface area contributed by atoms with Crippen molar-refractivity contribution in [3.8, 4) is 0 Å². The number of carbonyl (C=O) groups excluding carboxylic acids is 2. The fourth-order valence-electron chi connectivity index (χ4n) is 6.83. The lowest BCUT2D eigenvalue weighted by Crippen LogP contribution is -2.62. The third-order valence-electron chi connectivity index (χ3n) is 8.33. The van der Waals surface area contributed by atoms with Gasteiger partial charge in [0.2, 0.25) is 18.1 Å². The van der Waals surface area contributed by atoms with Crippen molar-refractivity contribution in [2.75, 3.05) is 13.1 Å². The Morgan fingerprint density at radius 2 is 1.56 bits per heavy atom. The summed E-state index contributed by atoms with van der Waals surface area (Å²) in [5.74, 6) is -2.74. The van der Waals surface area contributed by atoms with E-state index in [4.69, 9.17) is 23.1 Å². The Balaban J connectivity index is 1.36. The molecule has 2 fully saturated rings. The molecule has 220 valence electrons. The van der Waals surface area contributed by atoms with Crippen molar-refractivity contribution in [1.82, 2.24) is 31.2 Å². The number of alkyl halides is 1. The Labute approximate surface area is 271 Å². The number of aromatic nitrogens is 2. The van der Waals surface area contributed by atoms with Crippen LogP contribution in [0.3, 0.4) is 0 Å². The van der Waals surface area contributed by atoms with Crippen molar-refractivity contribution >= 4 is 99.1 Å². The van der Waals surface area contributed by atoms with Gasteiger partial charge in [0, 0.05) is 19.0 Å². The normalized spacial score (nSPS) is 35.0. The van der Waals surface area contributed by atoms with E-state index in [1.807, 2.05) is 0 Å². The number of amides is 2. The zero-order valence-corrected chi connectivity index (χ0v) is 27.8. The molecule has 1 saturated heterocycles. The van der Waals surface area contributed by atoms with Gasteiger partial charge in [-0.2, -0.15) is 0 Å². The van der Waals surface area contributed by atoms with Gasteiger partial charge in [0.05, 0.1) is 29.4 Å². The second kappa shape index (κ2) is 10.1. The number of aliphatic hydroxyl groups excluding tert-OH is 1. The predicted octanol–water partition coefficient (Wildman–Crippen LogP) is -0.0440. The van der Waals surface area contributed by atoms with Gasteiger partial charge in [-0.3, -0.25) is 15.3 Å². The molecule has 3 aliphatic heterocycles. The van der Waals surface area contributed by atoms with E-state index in [0.29, 0.717) is 29.5 Å². The Morgan fingerprint density at radius 1 is 1.02 bits per heavy atom. The van der Waals surface area contributed by atoms with Gasteiger partial charge in [0.1, 0.15) is 11.4 Å². The van der Waals surface area contributed by atoms with Crippen LogP contribution in [0.15, 0.2) is 35.3 Å². The number of rotatable bonds is 6. The van der Waals surface area contributed by atoms with Crippen LogP contribution in [0.25, 0.3) is 0 Å². The van der Waals surface area contributed by atoms with Crippen molar-refractivity contribution < 1.29 is 24.4 Å². The van der Waals surface area contributed by atoms with Gasteiger partial charge < -0.3 is 41.9 Å². The second-order valence-electron chi connectivity index (χ2n) is 10.3. The maximum Gasteiger partial charge on any atom is 0.348 e. The quantitative estimate of drug-likeness (QED) is 0.140. The van der Waals surface area contributed by atoms with Gasteiger partial charge in [0.25, 0.3) is 11.8 Å². The lowest BCUT2D eigenvalue weighted by molar-refractivity contribution is -0.623. The fraction of sp³-hybridized carbons (Fsp3) is 0.455. The molecule has 41 heavy (non-hydrogen) atoms. The Morgan fingerprint density at radius 3 is 2.07 bits per heavy atom. The van der Waals surface area contributed by atoms with E-state index < -0.39 is 58.6 Å². The molecule has 5 heterocycles. The lowest BCUT2D eigenvalue weighted by atomic mass is 9.77. The average Bonchev–Trinajstić information content (AvgIpc) is 3.67. The van der Waals surface area contributed by atoms with Crippen LogP contribution in [-0.2, 0) is 0 Å². The second-order valence-corrected chi connectivity index (χ2v) is 14.1. The number of H-pyrrole nitrogens is 2. The van der Waals surface area contributed by atoms with Gasteiger partial charge in [-0.1, -0.05) is 0 Å². The molecule has 0 bridgehead atoms. The molecular formula is C22H24Br4ClN10O4+. The molecule has 0 unspecified atom stereocenters. The first kappa shape index (κ1) is 29.3. The molecule has 2 aromatic heterocycles. The summed E-state index contributed by atoms with van der Waals surface area (Å²) in [6.45, 7) is 0.0805. The summed E-state index contributed by atoms with van der Waals surface area (Å²) < 4.78 is 4.13. The third kappa shape index (κ3) is 4.19. The number of hydrogen-bond acceptors (Lipinski definition) is 9. The highest BCUT2D eigenvalue weighted by Gasteiger charge is 2.83. The highest BCUT2D eigenvalue weighted by molar-refractivity contribution is 9.13. The molecule has 2 amide bonds. The fourth-order valence-corrected chi connectivity index (χ4v) is 8.78. The summed E-state index contributed by atoms with van der Waals surface area (Å²) in [5.41, 5.74) is 9.75. The number of nitrogens with zero attached hydrogens (tertiary/aromatic N) is 2. The van der Waals surface area contributed by atoms with Crippen LogP contribution in [0, 0.1) is 17.8 Å². The Kier molecular flexibility index (Phi) is 7.22. The third-order valence-corrected chi connectivity index (χ3v) is 12.6. The monoisotopic (exact) mass is 843 g/mol. The van der Waals surface area contributed by atoms with Crippen LogP contribution in [0.2, 0.25) is 0 Å². The van der Waals surface area contributed by atoms with E-state index in [2.05, 4.69) is 99.9 Å². The molecule has 0 aromatic carbocycles. The molecule has 8 atom stereocenters. The van der Waals surface area contributed by atoms with Gasteiger partial charge in [-0.25, -0.2) is 14.9 Å². The van der Waals surface area contributed by atoms with E-state index in [-0.39, 0.29) is 25.0 Å². The number of nitrogens with one attached hydrogen (secondary N) is 6. The standard InChI is InChI=1S/C22H23Br4ClN10O4/c23-7-1-9(32-13(7)25)15(38)30-3-5-6(4-31-16(39)10-2-8(24)14(26)33-10)12(27)21-11(5)22(41)17(34-19(28)36-22)37(21)20(29)35-18(21)40/h1-2,5-6,11-12,17-18,40-41H,3-4H2,(H9,28,29,30,31,32,33,34,35,36,38,39)/p+1/t5-,6-,11+,12+,17+,18+,21+,22+/m0/s1. The number of fused-ring (bicyclic) bond motifs is 3. The highest BCUT2D eigenvalue weighted by Crippen LogP contribution is 2.61. The number of aliphatic hydroxyl groups is 2. The van der Waals surface area contributed by atoms with E-state index in [1.54, 1.807) is 16.7 Å². The van der Waals surface area contributed by atoms with Gasteiger partial charge in [-0.15, -0.1) is 11.6 Å². The molecular weight excluding hydrogens is 823 g/mol. The van der Waals surface area contributed by atoms with Crippen LogP contribution >= 0.6 is 75.3 Å². The molecule has 2 aromatic rings. The van der Waals surface area contributed by atoms with E-state index >= 15 is 0 Å². The maximum absolute atomic E-state index is 13.1. The minimum absolute atomic E-state index is 0.00469. The summed E-state index contributed by atoms with van der Waals surface area (Å²) in [7, 11) is 0. The molecule has 1 spiro atoms. The average molecular weight is 848 g/mol. The highest BCUT2D eigenvalue weighted by atomic mass is 79.9. The number of halogens is 5. The minimum Gasteiger partial charge on any atom is -0.370 e. The smallest absolute Gasteiger partial charge is 0.348 e. The summed E-state index contributed by atoms with van der Waals surface area (Å²) in [6.07, 6.45) is -2.29.